The third-order valence-corrected chi connectivity index (χ3v) is 6.55. The van der Waals surface area contributed by atoms with Crippen LogP contribution in [0.15, 0.2) is 59.7 Å². The smallest absolute Gasteiger partial charge is 0.315 e. The van der Waals surface area contributed by atoms with Crippen molar-refractivity contribution in [3.05, 3.63) is 81.9 Å². The summed E-state index contributed by atoms with van der Waals surface area (Å²) in [7, 11) is 0. The van der Waals surface area contributed by atoms with Gasteiger partial charge in [-0.05, 0) is 49.7 Å². The SMILES string of the molecule is CCN(CC)CCCNC(=O)NCc1ccc(C2=C3C(=O)NC(c4ccc(C)cc4)=C3C(=O)N2)cc1. The van der Waals surface area contributed by atoms with E-state index in [1.54, 1.807) is 0 Å². The summed E-state index contributed by atoms with van der Waals surface area (Å²) in [4.78, 5) is 40.0. The van der Waals surface area contributed by atoms with Crippen LogP contribution < -0.4 is 21.3 Å². The summed E-state index contributed by atoms with van der Waals surface area (Å²) in [5.41, 5.74) is 5.32. The van der Waals surface area contributed by atoms with E-state index in [2.05, 4.69) is 40.0 Å². The second-order valence-electron chi connectivity index (χ2n) is 8.96. The van der Waals surface area contributed by atoms with Gasteiger partial charge in [0.1, 0.15) is 0 Å². The van der Waals surface area contributed by atoms with Gasteiger partial charge in [0.05, 0.1) is 22.5 Å². The highest BCUT2D eigenvalue weighted by Gasteiger charge is 2.40. The lowest BCUT2D eigenvalue weighted by Crippen LogP contribution is -2.36. The molecule has 4 amide bonds. The molecule has 0 saturated carbocycles. The van der Waals surface area contributed by atoms with Gasteiger partial charge in [0.2, 0.25) is 0 Å². The number of nitrogens with zero attached hydrogens (tertiary/aromatic N) is 1. The molecule has 2 heterocycles. The molecule has 4 N–H and O–H groups in total. The minimum Gasteiger partial charge on any atom is -0.338 e. The number of amides is 4. The lowest BCUT2D eigenvalue weighted by atomic mass is 10.0. The number of carbonyl (C=O) groups excluding carboxylic acids is 3. The molecule has 8 heteroatoms. The van der Waals surface area contributed by atoms with Crippen molar-refractivity contribution < 1.29 is 14.4 Å². The van der Waals surface area contributed by atoms with Gasteiger partial charge < -0.3 is 26.2 Å². The molecule has 0 spiro atoms. The Kier molecular flexibility index (Phi) is 7.85. The molecule has 2 aliphatic rings. The Morgan fingerprint density at radius 1 is 0.806 bits per heavy atom. The first-order valence-corrected chi connectivity index (χ1v) is 12.4. The summed E-state index contributed by atoms with van der Waals surface area (Å²) < 4.78 is 0. The molecule has 0 unspecified atom stereocenters. The molecule has 2 aliphatic heterocycles. The third kappa shape index (κ3) is 5.49. The highest BCUT2D eigenvalue weighted by atomic mass is 16.2. The van der Waals surface area contributed by atoms with Crippen molar-refractivity contribution in [3.8, 4) is 0 Å². The number of hydrogen-bond donors (Lipinski definition) is 4. The topological polar surface area (TPSA) is 103 Å². The molecule has 0 fully saturated rings. The van der Waals surface area contributed by atoms with E-state index in [1.165, 1.54) is 0 Å². The van der Waals surface area contributed by atoms with E-state index in [0.717, 1.165) is 48.3 Å². The van der Waals surface area contributed by atoms with Crippen LogP contribution in [0.5, 0.6) is 0 Å². The average Bonchev–Trinajstić information content (AvgIpc) is 3.41. The lowest BCUT2D eigenvalue weighted by Gasteiger charge is -2.17. The number of fused-ring (bicyclic) bond motifs is 1. The molecule has 8 nitrogen and oxygen atoms in total. The molecule has 0 atom stereocenters. The van der Waals surface area contributed by atoms with Crippen LogP contribution in [0.4, 0.5) is 4.79 Å². The van der Waals surface area contributed by atoms with Crippen molar-refractivity contribution in [2.45, 2.75) is 33.7 Å². The normalized spacial score (nSPS) is 14.8. The zero-order valence-electron chi connectivity index (χ0n) is 21.0. The summed E-state index contributed by atoms with van der Waals surface area (Å²) in [6.07, 6.45) is 0.905. The molecule has 36 heavy (non-hydrogen) atoms. The highest BCUT2D eigenvalue weighted by molar-refractivity contribution is 6.30. The van der Waals surface area contributed by atoms with E-state index in [1.807, 2.05) is 55.5 Å². The quantitative estimate of drug-likeness (QED) is 0.387. The fourth-order valence-corrected chi connectivity index (χ4v) is 4.41. The summed E-state index contributed by atoms with van der Waals surface area (Å²) in [5.74, 6) is -0.588. The Hall–Kier alpha value is -3.91. The van der Waals surface area contributed by atoms with Crippen LogP contribution in [0.3, 0.4) is 0 Å². The first-order chi connectivity index (χ1) is 17.4. The Morgan fingerprint density at radius 2 is 1.33 bits per heavy atom. The van der Waals surface area contributed by atoms with Crippen molar-refractivity contribution in [1.82, 2.24) is 26.2 Å². The standard InChI is InChI=1S/C28H33N5O3/c1-4-33(5-2)16-6-15-29-28(36)30-17-19-9-13-21(14-10-19)25-23-22(26(34)32-25)24(31-27(23)35)20-11-7-18(3)8-12-20/h7-14H,4-6,15-17H2,1-3H3,(H,31,35)(H,32,34)(H2,29,30,36). The maximum Gasteiger partial charge on any atom is 0.315 e. The number of urea groups is 1. The molecule has 188 valence electrons. The molecule has 4 rings (SSSR count). The molecule has 0 aliphatic carbocycles. The second-order valence-corrected chi connectivity index (χ2v) is 8.96. The van der Waals surface area contributed by atoms with Crippen LogP contribution in [0.1, 0.15) is 42.5 Å². The molecular weight excluding hydrogens is 454 g/mol. The predicted octanol–water partition coefficient (Wildman–Crippen LogP) is 2.91. The zero-order chi connectivity index (χ0) is 25.7. The van der Waals surface area contributed by atoms with E-state index in [9.17, 15) is 14.4 Å². The maximum absolute atomic E-state index is 12.8. The number of benzene rings is 2. The van der Waals surface area contributed by atoms with Gasteiger partial charge in [-0.3, -0.25) is 9.59 Å². The second kappa shape index (κ2) is 11.2. The van der Waals surface area contributed by atoms with Crippen molar-refractivity contribution in [1.29, 1.82) is 0 Å². The maximum atomic E-state index is 12.8. The fraction of sp³-hybridized carbons (Fsp3) is 0.321. The summed E-state index contributed by atoms with van der Waals surface area (Å²) >= 11 is 0. The fourth-order valence-electron chi connectivity index (χ4n) is 4.41. The predicted molar refractivity (Wildman–Crippen MR) is 140 cm³/mol. The van der Waals surface area contributed by atoms with E-state index in [-0.39, 0.29) is 17.8 Å². The molecule has 0 bridgehead atoms. The minimum atomic E-state index is -0.294. The molecule has 0 radical (unpaired) electrons. The van der Waals surface area contributed by atoms with Gasteiger partial charge in [-0.1, -0.05) is 67.9 Å². The van der Waals surface area contributed by atoms with Crippen LogP contribution in [0.25, 0.3) is 11.4 Å². The molecule has 2 aromatic rings. The molecule has 0 aromatic heterocycles. The Morgan fingerprint density at radius 3 is 1.86 bits per heavy atom. The van der Waals surface area contributed by atoms with Gasteiger partial charge in [-0.25, -0.2) is 4.79 Å². The van der Waals surface area contributed by atoms with Crippen LogP contribution in [0, 0.1) is 6.92 Å². The Labute approximate surface area is 211 Å². The van der Waals surface area contributed by atoms with Gasteiger partial charge in [-0.15, -0.1) is 0 Å². The van der Waals surface area contributed by atoms with Gasteiger partial charge in [0.15, 0.2) is 0 Å². The number of hydrogen-bond acceptors (Lipinski definition) is 4. The zero-order valence-corrected chi connectivity index (χ0v) is 21.0. The van der Waals surface area contributed by atoms with Crippen molar-refractivity contribution in [3.63, 3.8) is 0 Å². The van der Waals surface area contributed by atoms with Crippen molar-refractivity contribution in [2.75, 3.05) is 26.2 Å². The lowest BCUT2D eigenvalue weighted by molar-refractivity contribution is -0.117. The van der Waals surface area contributed by atoms with Crippen LogP contribution in [-0.4, -0.2) is 48.9 Å². The Balaban J connectivity index is 1.39. The summed E-state index contributed by atoms with van der Waals surface area (Å²) in [6.45, 7) is 10.2. The average molecular weight is 488 g/mol. The van der Waals surface area contributed by atoms with Gasteiger partial charge in [0.25, 0.3) is 11.8 Å². The number of aryl methyl sites for hydroxylation is 1. The van der Waals surface area contributed by atoms with Gasteiger partial charge in [0, 0.05) is 13.1 Å². The largest absolute Gasteiger partial charge is 0.338 e. The number of carbonyl (C=O) groups is 3. The van der Waals surface area contributed by atoms with Crippen LogP contribution in [0.2, 0.25) is 0 Å². The van der Waals surface area contributed by atoms with Crippen LogP contribution >= 0.6 is 0 Å². The first kappa shape index (κ1) is 25.2. The summed E-state index contributed by atoms with van der Waals surface area (Å²) in [5, 5.41) is 11.5. The molecular formula is C28H33N5O3. The molecule has 2 aromatic carbocycles. The van der Waals surface area contributed by atoms with Gasteiger partial charge in [-0.2, -0.15) is 0 Å². The van der Waals surface area contributed by atoms with E-state index >= 15 is 0 Å². The van der Waals surface area contributed by atoms with Crippen LogP contribution in [-0.2, 0) is 16.1 Å². The monoisotopic (exact) mass is 487 g/mol. The first-order valence-electron chi connectivity index (χ1n) is 12.4. The third-order valence-electron chi connectivity index (χ3n) is 6.55. The highest BCUT2D eigenvalue weighted by Crippen LogP contribution is 2.37. The number of rotatable bonds is 10. The number of nitrogens with one attached hydrogen (secondary N) is 4. The molecule has 0 saturated heterocycles. The minimum absolute atomic E-state index is 0.201. The van der Waals surface area contributed by atoms with Crippen molar-refractivity contribution in [2.24, 2.45) is 0 Å². The van der Waals surface area contributed by atoms with Crippen molar-refractivity contribution >= 4 is 29.2 Å². The van der Waals surface area contributed by atoms with E-state index < -0.39 is 0 Å². The van der Waals surface area contributed by atoms with Gasteiger partial charge >= 0.3 is 6.03 Å². The van der Waals surface area contributed by atoms with E-state index in [4.69, 9.17) is 0 Å². The Bertz CT molecular complexity index is 1210. The summed E-state index contributed by atoms with van der Waals surface area (Å²) in [6, 6.07) is 14.9. The van der Waals surface area contributed by atoms with E-state index in [0.29, 0.717) is 35.6 Å².